The van der Waals surface area contributed by atoms with Crippen LogP contribution in [0.25, 0.3) is 0 Å². The fourth-order valence-corrected chi connectivity index (χ4v) is 4.25. The minimum absolute atomic E-state index is 0.0252. The van der Waals surface area contributed by atoms with Gasteiger partial charge in [0.15, 0.2) is 0 Å². The van der Waals surface area contributed by atoms with Crippen molar-refractivity contribution >= 4 is 23.7 Å². The maximum Gasteiger partial charge on any atom is 0.326 e. The van der Waals surface area contributed by atoms with Gasteiger partial charge in [0.25, 0.3) is 0 Å². The van der Waals surface area contributed by atoms with Gasteiger partial charge in [-0.15, -0.1) is 0 Å². The molecule has 2 aromatic carbocycles. The Labute approximate surface area is 214 Å². The second-order valence-electron chi connectivity index (χ2n) is 9.18. The molecule has 198 valence electrons. The Bertz CT molecular complexity index is 1120. The van der Waals surface area contributed by atoms with Crippen molar-refractivity contribution in [2.75, 3.05) is 6.54 Å². The summed E-state index contributed by atoms with van der Waals surface area (Å²) in [4.78, 5) is 52.2. The third-order valence-electron chi connectivity index (χ3n) is 6.23. The molecular weight excluding hydrogens is 480 g/mol. The van der Waals surface area contributed by atoms with Crippen LogP contribution in [0.2, 0.25) is 0 Å². The van der Waals surface area contributed by atoms with Crippen LogP contribution in [-0.2, 0) is 32.0 Å². The Kier molecular flexibility index (Phi) is 9.07. The van der Waals surface area contributed by atoms with Crippen LogP contribution in [0.1, 0.15) is 30.9 Å². The molecule has 1 aliphatic rings. The van der Waals surface area contributed by atoms with Crippen LogP contribution in [0.15, 0.2) is 48.5 Å². The first-order valence-electron chi connectivity index (χ1n) is 12.0. The Hall–Kier alpha value is -4.12. The lowest BCUT2D eigenvalue weighted by Crippen LogP contribution is -2.57. The fraction of sp³-hybridized carbons (Fsp3) is 0.385. The maximum atomic E-state index is 13.3. The zero-order valence-electron chi connectivity index (χ0n) is 20.5. The minimum Gasteiger partial charge on any atom is -0.508 e. The number of rotatable bonds is 10. The molecule has 0 bridgehead atoms. The number of aliphatic carboxylic acids is 1. The smallest absolute Gasteiger partial charge is 0.326 e. The van der Waals surface area contributed by atoms with Gasteiger partial charge < -0.3 is 36.6 Å². The van der Waals surface area contributed by atoms with E-state index < -0.39 is 42.0 Å². The molecule has 0 radical (unpaired) electrons. The number of aromatic hydroxyl groups is 2. The van der Waals surface area contributed by atoms with Crippen LogP contribution in [0.5, 0.6) is 11.5 Å². The molecule has 11 heteroatoms. The Morgan fingerprint density at radius 1 is 0.919 bits per heavy atom. The molecule has 4 unspecified atom stereocenters. The number of nitrogens with one attached hydrogen (secondary N) is 2. The van der Waals surface area contributed by atoms with Crippen molar-refractivity contribution in [2.45, 2.75) is 56.8 Å². The number of carboxylic acid groups (broad SMARTS) is 1. The predicted octanol–water partition coefficient (Wildman–Crippen LogP) is 0.275. The van der Waals surface area contributed by atoms with Crippen LogP contribution in [0.3, 0.4) is 0 Å². The van der Waals surface area contributed by atoms with Gasteiger partial charge in [0, 0.05) is 19.4 Å². The highest BCUT2D eigenvalue weighted by atomic mass is 16.4. The van der Waals surface area contributed by atoms with Gasteiger partial charge >= 0.3 is 5.97 Å². The maximum absolute atomic E-state index is 13.3. The number of carbonyl (C=O) groups is 4. The van der Waals surface area contributed by atoms with Crippen molar-refractivity contribution in [3.8, 4) is 11.5 Å². The zero-order valence-corrected chi connectivity index (χ0v) is 20.5. The lowest BCUT2D eigenvalue weighted by atomic mass is 10.0. The third kappa shape index (κ3) is 7.43. The molecule has 0 spiro atoms. The molecule has 1 fully saturated rings. The van der Waals surface area contributed by atoms with Crippen LogP contribution in [-0.4, -0.2) is 74.6 Å². The molecular formula is C26H32N4O7. The standard InChI is InChI=1S/C26H32N4O7/c1-15(27)25(35)30-12-2-3-22(30)24(34)28-20(13-16-4-8-18(31)9-5-16)23(33)29-21(26(36)37)14-17-6-10-19(32)11-7-17/h4-11,15,20-22,31-32H,2-3,12-14,27H2,1H3,(H,28,34)(H,29,33)(H,36,37). The predicted molar refractivity (Wildman–Crippen MR) is 134 cm³/mol. The lowest BCUT2D eigenvalue weighted by molar-refractivity contribution is -0.143. The van der Waals surface area contributed by atoms with Gasteiger partial charge in [0.2, 0.25) is 17.7 Å². The number of hydrogen-bond acceptors (Lipinski definition) is 7. The van der Waals surface area contributed by atoms with Gasteiger partial charge in [0.1, 0.15) is 29.6 Å². The van der Waals surface area contributed by atoms with Crippen molar-refractivity contribution in [2.24, 2.45) is 5.73 Å². The number of benzene rings is 2. The molecule has 1 heterocycles. The summed E-state index contributed by atoms with van der Waals surface area (Å²) >= 11 is 0. The Morgan fingerprint density at radius 2 is 1.43 bits per heavy atom. The first-order valence-corrected chi connectivity index (χ1v) is 12.0. The molecule has 1 aliphatic heterocycles. The SMILES string of the molecule is CC(N)C(=O)N1CCCC1C(=O)NC(Cc1ccc(O)cc1)C(=O)NC(Cc1ccc(O)cc1)C(=O)O. The van der Waals surface area contributed by atoms with Gasteiger partial charge in [-0.2, -0.15) is 0 Å². The van der Waals surface area contributed by atoms with Crippen molar-refractivity contribution in [3.63, 3.8) is 0 Å². The number of carboxylic acids is 1. The van der Waals surface area contributed by atoms with E-state index in [9.17, 15) is 34.5 Å². The van der Waals surface area contributed by atoms with Gasteiger partial charge in [-0.25, -0.2) is 4.79 Å². The molecule has 0 aliphatic carbocycles. The van der Waals surface area contributed by atoms with E-state index in [4.69, 9.17) is 5.73 Å². The first kappa shape index (κ1) is 27.5. The number of carbonyl (C=O) groups excluding carboxylic acids is 3. The van der Waals surface area contributed by atoms with Crippen molar-refractivity contribution < 1.29 is 34.5 Å². The second kappa shape index (κ2) is 12.2. The molecule has 0 aromatic heterocycles. The summed E-state index contributed by atoms with van der Waals surface area (Å²) in [7, 11) is 0. The molecule has 3 rings (SSSR count). The van der Waals surface area contributed by atoms with E-state index in [0.29, 0.717) is 30.5 Å². The molecule has 0 saturated carbocycles. The van der Waals surface area contributed by atoms with Crippen molar-refractivity contribution in [1.29, 1.82) is 0 Å². The highest BCUT2D eigenvalue weighted by Crippen LogP contribution is 2.19. The molecule has 11 nitrogen and oxygen atoms in total. The van der Waals surface area contributed by atoms with E-state index in [-0.39, 0.29) is 30.2 Å². The summed E-state index contributed by atoms with van der Waals surface area (Å²) < 4.78 is 0. The molecule has 7 N–H and O–H groups in total. The summed E-state index contributed by atoms with van der Waals surface area (Å²) in [5.74, 6) is -2.81. The monoisotopic (exact) mass is 512 g/mol. The normalized spacial score (nSPS) is 17.5. The Morgan fingerprint density at radius 3 is 1.92 bits per heavy atom. The van der Waals surface area contributed by atoms with E-state index in [0.717, 1.165) is 0 Å². The van der Waals surface area contributed by atoms with Crippen LogP contribution in [0, 0.1) is 0 Å². The van der Waals surface area contributed by atoms with Gasteiger partial charge in [0.05, 0.1) is 6.04 Å². The Balaban J connectivity index is 1.79. The average Bonchev–Trinajstić information content (AvgIpc) is 3.35. The van der Waals surface area contributed by atoms with E-state index in [1.165, 1.54) is 36.1 Å². The number of hydrogen-bond donors (Lipinski definition) is 6. The van der Waals surface area contributed by atoms with E-state index in [2.05, 4.69) is 10.6 Å². The summed E-state index contributed by atoms with van der Waals surface area (Å²) in [5.41, 5.74) is 6.93. The number of phenolic OH excluding ortho intramolecular Hbond substituents is 2. The molecule has 3 amide bonds. The largest absolute Gasteiger partial charge is 0.508 e. The van der Waals surface area contributed by atoms with Crippen molar-refractivity contribution in [1.82, 2.24) is 15.5 Å². The molecule has 4 atom stereocenters. The molecule has 37 heavy (non-hydrogen) atoms. The summed E-state index contributed by atoms with van der Waals surface area (Å²) in [6, 6.07) is 8.00. The van der Waals surface area contributed by atoms with Gasteiger partial charge in [-0.05, 0) is 55.2 Å². The summed E-state index contributed by atoms with van der Waals surface area (Å²) in [6.07, 6.45) is 1.01. The van der Waals surface area contributed by atoms with Crippen molar-refractivity contribution in [3.05, 3.63) is 59.7 Å². The number of nitrogens with two attached hydrogens (primary N) is 1. The van der Waals surface area contributed by atoms with Gasteiger partial charge in [-0.3, -0.25) is 14.4 Å². The highest BCUT2D eigenvalue weighted by molar-refractivity contribution is 5.94. The zero-order chi connectivity index (χ0) is 27.1. The van der Waals surface area contributed by atoms with E-state index >= 15 is 0 Å². The summed E-state index contributed by atoms with van der Waals surface area (Å²) in [6.45, 7) is 1.91. The fourth-order valence-electron chi connectivity index (χ4n) is 4.25. The number of nitrogens with zero attached hydrogens (tertiary/aromatic N) is 1. The number of likely N-dealkylation sites (tertiary alicyclic amines) is 1. The highest BCUT2D eigenvalue weighted by Gasteiger charge is 2.37. The minimum atomic E-state index is -1.29. The van der Waals surface area contributed by atoms with Gasteiger partial charge in [-0.1, -0.05) is 24.3 Å². The first-order chi connectivity index (χ1) is 17.5. The molecule has 2 aromatic rings. The van der Waals surface area contributed by atoms with Crippen LogP contribution >= 0.6 is 0 Å². The third-order valence-corrected chi connectivity index (χ3v) is 6.23. The average molecular weight is 513 g/mol. The van der Waals surface area contributed by atoms with E-state index in [1.807, 2.05) is 0 Å². The second-order valence-corrected chi connectivity index (χ2v) is 9.18. The number of phenols is 2. The van der Waals surface area contributed by atoms with Crippen LogP contribution < -0.4 is 16.4 Å². The lowest BCUT2D eigenvalue weighted by Gasteiger charge is -2.28. The van der Waals surface area contributed by atoms with Crippen LogP contribution in [0.4, 0.5) is 0 Å². The van der Waals surface area contributed by atoms with E-state index in [1.54, 1.807) is 24.3 Å². The molecule has 1 saturated heterocycles. The topological polar surface area (TPSA) is 182 Å². The quantitative estimate of drug-likeness (QED) is 0.262. The number of amides is 3. The summed E-state index contributed by atoms with van der Waals surface area (Å²) in [5, 5.41) is 33.9.